The zero-order valence-corrected chi connectivity index (χ0v) is 14.2. The Morgan fingerprint density at radius 3 is 2.75 bits per heavy atom. The lowest BCUT2D eigenvalue weighted by Gasteiger charge is -2.30. The molecule has 0 radical (unpaired) electrons. The molecular formula is C15H28F3N5O. The number of nitrogens with one attached hydrogen (secondary N) is 2. The average molecular weight is 351 g/mol. The van der Waals surface area contributed by atoms with Crippen molar-refractivity contribution in [2.75, 3.05) is 39.3 Å². The number of likely N-dealkylation sites (tertiary alicyclic amines) is 1. The Hall–Kier alpha value is -1.51. The molecule has 0 aliphatic carbocycles. The summed E-state index contributed by atoms with van der Waals surface area (Å²) >= 11 is 0. The van der Waals surface area contributed by atoms with E-state index in [9.17, 15) is 18.0 Å². The summed E-state index contributed by atoms with van der Waals surface area (Å²) in [6.07, 6.45) is -2.48. The number of nitrogens with two attached hydrogens (primary N) is 1. The van der Waals surface area contributed by atoms with Crippen LogP contribution in [0.3, 0.4) is 0 Å². The fourth-order valence-electron chi connectivity index (χ4n) is 2.64. The van der Waals surface area contributed by atoms with Gasteiger partial charge in [0, 0.05) is 26.2 Å². The van der Waals surface area contributed by atoms with Gasteiger partial charge in [-0.15, -0.1) is 0 Å². The summed E-state index contributed by atoms with van der Waals surface area (Å²) in [5.74, 6) is 0.0695. The molecule has 1 heterocycles. The van der Waals surface area contributed by atoms with Gasteiger partial charge in [-0.2, -0.15) is 13.2 Å². The predicted molar refractivity (Wildman–Crippen MR) is 87.6 cm³/mol. The number of nitrogens with zero attached hydrogens (tertiary/aromatic N) is 2. The van der Waals surface area contributed by atoms with Crippen molar-refractivity contribution in [1.82, 2.24) is 15.5 Å². The van der Waals surface area contributed by atoms with Crippen LogP contribution in [0.25, 0.3) is 0 Å². The molecule has 1 rings (SSSR count). The smallest absolute Gasteiger partial charge is 0.369 e. The molecule has 1 saturated heterocycles. The van der Waals surface area contributed by atoms with E-state index < -0.39 is 12.6 Å². The van der Waals surface area contributed by atoms with Crippen LogP contribution in [-0.2, 0) is 4.79 Å². The highest BCUT2D eigenvalue weighted by Gasteiger charge is 2.26. The van der Waals surface area contributed by atoms with Crippen LogP contribution in [0, 0.1) is 5.92 Å². The molecule has 0 bridgehead atoms. The van der Waals surface area contributed by atoms with E-state index in [0.29, 0.717) is 25.6 Å². The van der Waals surface area contributed by atoms with E-state index in [1.807, 2.05) is 6.92 Å². The molecule has 1 amide bonds. The molecule has 1 aliphatic rings. The first-order valence-corrected chi connectivity index (χ1v) is 8.42. The van der Waals surface area contributed by atoms with Gasteiger partial charge < -0.3 is 21.3 Å². The molecule has 0 aromatic heterocycles. The zero-order valence-electron chi connectivity index (χ0n) is 14.2. The number of hydrogen-bond donors (Lipinski definition) is 3. The molecule has 0 spiro atoms. The third kappa shape index (κ3) is 8.95. The highest BCUT2D eigenvalue weighted by Crippen LogP contribution is 2.18. The minimum Gasteiger partial charge on any atom is -0.369 e. The maximum absolute atomic E-state index is 12.2. The molecule has 140 valence electrons. The number of hydrogen-bond acceptors (Lipinski definition) is 3. The van der Waals surface area contributed by atoms with Crippen LogP contribution in [0.5, 0.6) is 0 Å². The number of amides is 1. The summed E-state index contributed by atoms with van der Waals surface area (Å²) in [6.45, 7) is 5.19. The van der Waals surface area contributed by atoms with Gasteiger partial charge in [0.05, 0.1) is 12.3 Å². The molecule has 1 unspecified atom stereocenters. The second-order valence-electron chi connectivity index (χ2n) is 5.95. The topological polar surface area (TPSA) is 82.8 Å². The predicted octanol–water partition coefficient (Wildman–Crippen LogP) is 1.08. The number of carbonyl (C=O) groups excluding carboxylic acids is 1. The maximum Gasteiger partial charge on any atom is 0.390 e. The van der Waals surface area contributed by atoms with Crippen LogP contribution in [0.1, 0.15) is 32.6 Å². The molecule has 1 aliphatic heterocycles. The Balaban J connectivity index is 2.29. The van der Waals surface area contributed by atoms with E-state index in [0.717, 1.165) is 32.4 Å². The lowest BCUT2D eigenvalue weighted by molar-refractivity contribution is -0.132. The molecule has 1 fully saturated rings. The van der Waals surface area contributed by atoms with Gasteiger partial charge in [0.15, 0.2) is 5.96 Å². The summed E-state index contributed by atoms with van der Waals surface area (Å²) < 4.78 is 36.5. The lowest BCUT2D eigenvalue weighted by Crippen LogP contribution is -2.41. The molecule has 0 aromatic rings. The van der Waals surface area contributed by atoms with Gasteiger partial charge in [-0.3, -0.25) is 9.79 Å². The fraction of sp³-hybridized carbons (Fsp3) is 0.867. The number of carbonyl (C=O) groups is 1. The summed E-state index contributed by atoms with van der Waals surface area (Å²) in [5.41, 5.74) is 5.35. The molecule has 4 N–H and O–H groups in total. The molecule has 6 nitrogen and oxygen atoms in total. The fourth-order valence-corrected chi connectivity index (χ4v) is 2.64. The van der Waals surface area contributed by atoms with Gasteiger partial charge in [-0.05, 0) is 39.3 Å². The largest absolute Gasteiger partial charge is 0.390 e. The molecule has 9 heteroatoms. The highest BCUT2D eigenvalue weighted by atomic mass is 19.4. The van der Waals surface area contributed by atoms with Crippen LogP contribution >= 0.6 is 0 Å². The third-order valence-corrected chi connectivity index (χ3v) is 3.86. The number of aliphatic imine (C=N–C) groups is 1. The lowest BCUT2D eigenvalue weighted by atomic mass is 9.97. The van der Waals surface area contributed by atoms with Crippen molar-refractivity contribution in [2.24, 2.45) is 16.6 Å². The number of guanidine groups is 1. The van der Waals surface area contributed by atoms with Crippen LogP contribution in [0.4, 0.5) is 13.2 Å². The summed E-state index contributed by atoms with van der Waals surface area (Å²) in [7, 11) is 0. The van der Waals surface area contributed by atoms with Crippen LogP contribution < -0.4 is 16.4 Å². The quantitative estimate of drug-likeness (QED) is 0.347. The minimum atomic E-state index is -4.17. The molecule has 24 heavy (non-hydrogen) atoms. The first kappa shape index (κ1) is 20.5. The van der Waals surface area contributed by atoms with E-state index >= 15 is 0 Å². The van der Waals surface area contributed by atoms with E-state index in [1.165, 1.54) is 0 Å². The van der Waals surface area contributed by atoms with Crippen molar-refractivity contribution < 1.29 is 18.0 Å². The second-order valence-corrected chi connectivity index (χ2v) is 5.95. The van der Waals surface area contributed by atoms with Gasteiger partial charge >= 0.3 is 6.18 Å². The van der Waals surface area contributed by atoms with E-state index in [-0.39, 0.29) is 18.4 Å². The standard InChI is InChI=1S/C15H28F3N5O/c1-2-20-14(22-8-6-15(16,17)18)21-7-4-10-23-9-3-5-12(11-23)13(19)24/h12H,2-11H2,1H3,(H2,19,24)(H2,20,21,22). The summed E-state index contributed by atoms with van der Waals surface area (Å²) in [6, 6.07) is 0. The molecular weight excluding hydrogens is 323 g/mol. The first-order chi connectivity index (χ1) is 11.3. The van der Waals surface area contributed by atoms with Crippen molar-refractivity contribution in [3.05, 3.63) is 0 Å². The number of piperidine rings is 1. The van der Waals surface area contributed by atoms with Gasteiger partial charge in [0.2, 0.25) is 5.91 Å². The van der Waals surface area contributed by atoms with Gasteiger partial charge in [-0.1, -0.05) is 0 Å². The van der Waals surface area contributed by atoms with Crippen LogP contribution in [0.15, 0.2) is 4.99 Å². The number of halogens is 3. The molecule has 0 aromatic carbocycles. The summed E-state index contributed by atoms with van der Waals surface area (Å²) in [4.78, 5) is 17.7. The van der Waals surface area contributed by atoms with Crippen molar-refractivity contribution >= 4 is 11.9 Å². The highest BCUT2D eigenvalue weighted by molar-refractivity contribution is 5.79. The Bertz CT molecular complexity index is 414. The zero-order chi connectivity index (χ0) is 18.0. The van der Waals surface area contributed by atoms with E-state index in [4.69, 9.17) is 5.73 Å². The van der Waals surface area contributed by atoms with Crippen molar-refractivity contribution in [1.29, 1.82) is 0 Å². The summed E-state index contributed by atoms with van der Waals surface area (Å²) in [5, 5.41) is 5.61. The Kier molecular flexibility index (Phi) is 8.88. The maximum atomic E-state index is 12.2. The normalized spacial score (nSPS) is 20.0. The second kappa shape index (κ2) is 10.4. The van der Waals surface area contributed by atoms with Crippen LogP contribution in [-0.4, -0.2) is 62.2 Å². The third-order valence-electron chi connectivity index (χ3n) is 3.86. The Morgan fingerprint density at radius 2 is 2.12 bits per heavy atom. The van der Waals surface area contributed by atoms with Crippen molar-refractivity contribution in [2.45, 2.75) is 38.8 Å². The van der Waals surface area contributed by atoms with Gasteiger partial charge in [0.25, 0.3) is 0 Å². The van der Waals surface area contributed by atoms with E-state index in [1.54, 1.807) is 0 Å². The number of rotatable bonds is 8. The van der Waals surface area contributed by atoms with Gasteiger partial charge in [0.1, 0.15) is 0 Å². The number of primary amides is 1. The van der Waals surface area contributed by atoms with Gasteiger partial charge in [-0.25, -0.2) is 0 Å². The van der Waals surface area contributed by atoms with Crippen molar-refractivity contribution in [3.63, 3.8) is 0 Å². The number of alkyl halides is 3. The molecule has 1 atom stereocenters. The monoisotopic (exact) mass is 351 g/mol. The van der Waals surface area contributed by atoms with E-state index in [2.05, 4.69) is 20.5 Å². The van der Waals surface area contributed by atoms with Crippen molar-refractivity contribution in [3.8, 4) is 0 Å². The Morgan fingerprint density at radius 1 is 1.38 bits per heavy atom. The Labute approximate surface area is 141 Å². The minimum absolute atomic E-state index is 0.0800. The molecule has 0 saturated carbocycles. The SMILES string of the molecule is CCNC(=NCCCN1CCCC(C(N)=O)C1)NCCC(F)(F)F. The van der Waals surface area contributed by atoms with Crippen LogP contribution in [0.2, 0.25) is 0 Å². The first-order valence-electron chi connectivity index (χ1n) is 8.42. The average Bonchev–Trinajstić information content (AvgIpc) is 2.50.